The van der Waals surface area contributed by atoms with Crippen LogP contribution in [0.1, 0.15) is 99.7 Å². The number of aromatic nitrogens is 1. The van der Waals surface area contributed by atoms with E-state index in [0.29, 0.717) is 11.3 Å². The van der Waals surface area contributed by atoms with Gasteiger partial charge in [-0.05, 0) is 113 Å². The second-order valence-electron chi connectivity index (χ2n) is 18.1. The zero-order valence-electron chi connectivity index (χ0n) is 35.0. The molecular formula is C42H53N3O12S. The van der Waals surface area contributed by atoms with Crippen LogP contribution in [0.4, 0.5) is 5.69 Å². The largest absolute Gasteiger partial charge is 0.462 e. The molecular weight excluding hydrogens is 771 g/mol. The van der Waals surface area contributed by atoms with Crippen LogP contribution in [0.25, 0.3) is 11.3 Å². The number of carbonyl (C=O) groups excluding carboxylic acids is 5. The van der Waals surface area contributed by atoms with Crippen molar-refractivity contribution >= 4 is 46.8 Å². The number of hydrogen-bond acceptors (Lipinski definition) is 13. The lowest BCUT2D eigenvalue weighted by Crippen LogP contribution is -2.62. The molecule has 16 heteroatoms. The zero-order valence-corrected chi connectivity index (χ0v) is 35.8. The molecule has 0 unspecified atom stereocenters. The fourth-order valence-corrected chi connectivity index (χ4v) is 6.18. The van der Waals surface area contributed by atoms with Gasteiger partial charge in [-0.3, -0.25) is 38.7 Å². The number of hydrogen-bond donors (Lipinski definition) is 0. The molecule has 0 N–H and O–H groups in total. The first kappa shape index (κ1) is 45.5. The summed E-state index contributed by atoms with van der Waals surface area (Å²) in [5.74, 6) is -3.45. The summed E-state index contributed by atoms with van der Waals surface area (Å²) in [6.45, 7) is 19.0. The van der Waals surface area contributed by atoms with E-state index in [9.17, 15) is 34.1 Å². The van der Waals surface area contributed by atoms with Gasteiger partial charge in [0.25, 0.3) is 11.6 Å². The fourth-order valence-electron chi connectivity index (χ4n) is 5.26. The number of amides is 1. The van der Waals surface area contributed by atoms with Gasteiger partial charge < -0.3 is 23.7 Å². The molecule has 1 saturated heterocycles. The van der Waals surface area contributed by atoms with E-state index >= 15 is 0 Å². The lowest BCUT2D eigenvalue weighted by molar-refractivity contribution is -0.384. The fraction of sp³-hybridized carbons (Fsp3) is 0.524. The van der Waals surface area contributed by atoms with E-state index in [1.807, 2.05) is 0 Å². The normalized spacial score (nSPS) is 20.5. The Morgan fingerprint density at radius 2 is 1.19 bits per heavy atom. The maximum absolute atomic E-state index is 13.9. The number of carbonyl (C=O) groups is 5. The molecule has 15 nitrogen and oxygen atoms in total. The first-order valence-corrected chi connectivity index (χ1v) is 19.6. The number of nitro groups is 1. The van der Waals surface area contributed by atoms with E-state index in [-0.39, 0.29) is 16.1 Å². The third-order valence-corrected chi connectivity index (χ3v) is 9.59. The number of thiazole rings is 1. The standard InChI is InChI=1S/C42H53N3O12S/c1-39(2,3)34(47)53-22-28-29(55-35(48)40(4,5)6)30(56-36(49)41(7,8)9)31(57-37(50)42(10,11)12)33(54-28)44-27(24-18-20-26(21-19-24)45(51)52)23-58-38(44)43-32(46)25-16-14-13-15-17-25/h13-21,23,28-31,33H,22H2,1-12H3/t28-,29-,30+,31-,33-/m1/s1. The summed E-state index contributed by atoms with van der Waals surface area (Å²) in [5, 5.41) is 13.2. The van der Waals surface area contributed by atoms with Crippen LogP contribution in [0.15, 0.2) is 65.0 Å². The summed E-state index contributed by atoms with van der Waals surface area (Å²) in [6.07, 6.45) is -7.56. The molecule has 0 aliphatic carbocycles. The maximum Gasteiger partial charge on any atom is 0.311 e. The van der Waals surface area contributed by atoms with Gasteiger partial charge in [0, 0.05) is 23.1 Å². The zero-order chi connectivity index (χ0) is 43.5. The molecule has 58 heavy (non-hydrogen) atoms. The molecule has 1 aliphatic heterocycles. The molecule has 5 atom stereocenters. The van der Waals surface area contributed by atoms with Gasteiger partial charge in [0.2, 0.25) is 0 Å². The predicted octanol–water partition coefficient (Wildman–Crippen LogP) is 7.23. The van der Waals surface area contributed by atoms with Gasteiger partial charge in [-0.1, -0.05) is 18.2 Å². The Balaban J connectivity index is 2.09. The van der Waals surface area contributed by atoms with Crippen LogP contribution in [-0.4, -0.2) is 70.3 Å². The van der Waals surface area contributed by atoms with E-state index in [2.05, 4.69) is 4.99 Å². The average Bonchev–Trinajstić information content (AvgIpc) is 3.53. The van der Waals surface area contributed by atoms with Crippen molar-refractivity contribution in [3.05, 3.63) is 80.5 Å². The van der Waals surface area contributed by atoms with Crippen molar-refractivity contribution in [2.75, 3.05) is 6.61 Å². The van der Waals surface area contributed by atoms with E-state index < -0.39 is 93.6 Å². The quantitative estimate of drug-likeness (QED) is 0.0912. The summed E-state index contributed by atoms with van der Waals surface area (Å²) in [7, 11) is 0. The summed E-state index contributed by atoms with van der Waals surface area (Å²) >= 11 is 1.02. The number of nitro benzene ring substituents is 1. The van der Waals surface area contributed by atoms with Crippen molar-refractivity contribution in [3.63, 3.8) is 0 Å². The van der Waals surface area contributed by atoms with Crippen molar-refractivity contribution < 1.29 is 52.6 Å². The van der Waals surface area contributed by atoms with Crippen molar-refractivity contribution in [3.8, 4) is 11.3 Å². The van der Waals surface area contributed by atoms with Crippen LogP contribution < -0.4 is 4.80 Å². The number of ether oxygens (including phenoxy) is 5. The molecule has 1 fully saturated rings. The van der Waals surface area contributed by atoms with E-state index in [1.54, 1.807) is 119 Å². The Morgan fingerprint density at radius 1 is 0.707 bits per heavy atom. The Hall–Kier alpha value is -5.22. The van der Waals surface area contributed by atoms with Crippen molar-refractivity contribution in [1.29, 1.82) is 0 Å². The molecule has 2 heterocycles. The minimum absolute atomic E-state index is 0.0421. The van der Waals surface area contributed by atoms with Crippen molar-refractivity contribution in [2.45, 2.75) is 114 Å². The highest BCUT2D eigenvalue weighted by atomic mass is 32.1. The van der Waals surface area contributed by atoms with E-state index in [1.165, 1.54) is 28.8 Å². The number of rotatable bonds is 9. The summed E-state index contributed by atoms with van der Waals surface area (Å²) in [5.41, 5.74) is -3.44. The molecule has 0 bridgehead atoms. The molecule has 2 aromatic carbocycles. The summed E-state index contributed by atoms with van der Waals surface area (Å²) in [4.78, 5) is 83.9. The Kier molecular flexibility index (Phi) is 13.6. The number of nitrogens with zero attached hydrogens (tertiary/aromatic N) is 3. The van der Waals surface area contributed by atoms with Crippen molar-refractivity contribution in [2.24, 2.45) is 26.7 Å². The van der Waals surface area contributed by atoms with Gasteiger partial charge in [-0.15, -0.1) is 11.3 Å². The SMILES string of the molecule is CC(C)(C)C(=O)OC[C@H]1O[C@@H](n2c(-c3ccc([N+](=O)[O-])cc3)csc2=NC(=O)c2ccccc2)[C@H](OC(=O)C(C)(C)C)[C@@H](OC(=O)C(C)(C)C)[C@@H]1OC(=O)C(C)(C)C. The number of non-ortho nitro benzene ring substituents is 1. The van der Waals surface area contributed by atoms with E-state index in [4.69, 9.17) is 23.7 Å². The Labute approximate surface area is 341 Å². The van der Waals surface area contributed by atoms with Gasteiger partial charge in [0.05, 0.1) is 32.3 Å². The smallest absolute Gasteiger partial charge is 0.311 e. The molecule has 1 aliphatic rings. The van der Waals surface area contributed by atoms with Crippen LogP contribution in [0.5, 0.6) is 0 Å². The first-order chi connectivity index (χ1) is 26.7. The molecule has 3 aromatic rings. The van der Waals surface area contributed by atoms with Gasteiger partial charge in [-0.25, -0.2) is 0 Å². The predicted molar refractivity (Wildman–Crippen MR) is 213 cm³/mol. The second-order valence-corrected chi connectivity index (χ2v) is 19.0. The lowest BCUT2D eigenvalue weighted by atomic mass is 9.92. The maximum atomic E-state index is 13.9. The highest BCUT2D eigenvalue weighted by Gasteiger charge is 2.55. The van der Waals surface area contributed by atoms with Crippen LogP contribution in [0, 0.1) is 31.8 Å². The Morgan fingerprint density at radius 3 is 1.67 bits per heavy atom. The van der Waals surface area contributed by atoms with E-state index in [0.717, 1.165) is 11.3 Å². The number of benzene rings is 2. The molecule has 1 aromatic heterocycles. The first-order valence-electron chi connectivity index (χ1n) is 18.7. The lowest BCUT2D eigenvalue weighted by Gasteiger charge is -2.46. The van der Waals surface area contributed by atoms with Gasteiger partial charge in [0.1, 0.15) is 12.7 Å². The topological polar surface area (TPSA) is 192 Å². The number of esters is 4. The van der Waals surface area contributed by atoms with Crippen LogP contribution in [0.3, 0.4) is 0 Å². The second kappa shape index (κ2) is 17.3. The van der Waals surface area contributed by atoms with Crippen LogP contribution >= 0.6 is 11.3 Å². The molecule has 4 rings (SSSR count). The summed E-state index contributed by atoms with van der Waals surface area (Å²) in [6, 6.07) is 13.8. The Bertz CT molecular complexity index is 2080. The average molecular weight is 824 g/mol. The third-order valence-electron chi connectivity index (χ3n) is 8.75. The molecule has 0 radical (unpaired) electrons. The highest BCUT2D eigenvalue weighted by molar-refractivity contribution is 7.07. The minimum atomic E-state index is -1.59. The molecule has 0 spiro atoms. The minimum Gasteiger partial charge on any atom is -0.462 e. The molecule has 1 amide bonds. The van der Waals surface area contributed by atoms with Gasteiger partial charge in [-0.2, -0.15) is 4.99 Å². The van der Waals surface area contributed by atoms with Crippen LogP contribution in [0.2, 0.25) is 0 Å². The molecule has 314 valence electrons. The van der Waals surface area contributed by atoms with Gasteiger partial charge >= 0.3 is 23.9 Å². The summed E-state index contributed by atoms with van der Waals surface area (Å²) < 4.78 is 32.6. The third kappa shape index (κ3) is 11.0. The highest BCUT2D eigenvalue weighted by Crippen LogP contribution is 2.40. The molecule has 0 saturated carbocycles. The monoisotopic (exact) mass is 823 g/mol. The van der Waals surface area contributed by atoms with Crippen molar-refractivity contribution in [1.82, 2.24) is 4.57 Å². The van der Waals surface area contributed by atoms with Crippen LogP contribution in [-0.2, 0) is 42.9 Å². The van der Waals surface area contributed by atoms with Gasteiger partial charge in [0.15, 0.2) is 29.3 Å².